The molecule has 76 valence electrons. The molecule has 1 saturated carbocycles. The lowest BCUT2D eigenvalue weighted by Gasteiger charge is -2.08. The van der Waals surface area contributed by atoms with Crippen LogP contribution < -0.4 is 11.1 Å². The molecule has 14 heavy (non-hydrogen) atoms. The number of benzene rings is 1. The Morgan fingerprint density at radius 3 is 2.86 bits per heavy atom. The Labute approximate surface area is 83.9 Å². The van der Waals surface area contributed by atoms with Crippen molar-refractivity contribution >= 4 is 5.69 Å². The molecule has 1 aromatic rings. The van der Waals surface area contributed by atoms with Crippen molar-refractivity contribution in [3.63, 3.8) is 0 Å². The summed E-state index contributed by atoms with van der Waals surface area (Å²) < 4.78 is 0. The predicted molar refractivity (Wildman–Crippen MR) is 56.9 cm³/mol. The monoisotopic (exact) mass is 192 g/mol. The molecule has 0 unspecified atom stereocenters. The normalized spacial score (nSPS) is 15.7. The third-order valence-electron chi connectivity index (χ3n) is 2.62. The average molecular weight is 192 g/mol. The van der Waals surface area contributed by atoms with Gasteiger partial charge in [0.2, 0.25) is 0 Å². The summed E-state index contributed by atoms with van der Waals surface area (Å²) in [7, 11) is 0. The van der Waals surface area contributed by atoms with E-state index in [9.17, 15) is 5.11 Å². The Bertz CT molecular complexity index is 301. The average Bonchev–Trinajstić information content (AvgIpc) is 2.94. The van der Waals surface area contributed by atoms with Gasteiger partial charge in [0, 0.05) is 17.8 Å². The Balaban J connectivity index is 1.92. The first-order chi connectivity index (χ1) is 6.77. The molecule has 0 aromatic heterocycles. The molecule has 4 N–H and O–H groups in total. The smallest absolute Gasteiger partial charge is 0.122 e. The van der Waals surface area contributed by atoms with E-state index < -0.39 is 0 Å². The molecule has 1 fully saturated rings. The van der Waals surface area contributed by atoms with E-state index in [1.54, 1.807) is 12.1 Å². The maximum atomic E-state index is 9.55. The van der Waals surface area contributed by atoms with Crippen LogP contribution in [0.1, 0.15) is 18.4 Å². The minimum atomic E-state index is 0.285. The molecule has 0 amide bonds. The molecule has 1 aliphatic carbocycles. The van der Waals surface area contributed by atoms with E-state index >= 15 is 0 Å². The fourth-order valence-corrected chi connectivity index (χ4v) is 1.51. The molecule has 0 atom stereocenters. The van der Waals surface area contributed by atoms with E-state index in [1.165, 1.54) is 12.8 Å². The van der Waals surface area contributed by atoms with Crippen LogP contribution in [0, 0.1) is 5.92 Å². The van der Waals surface area contributed by atoms with Gasteiger partial charge in [-0.15, -0.1) is 0 Å². The molecule has 0 spiro atoms. The van der Waals surface area contributed by atoms with E-state index in [1.807, 2.05) is 6.07 Å². The molecule has 3 heteroatoms. The number of rotatable bonds is 4. The van der Waals surface area contributed by atoms with Gasteiger partial charge in [-0.25, -0.2) is 0 Å². The van der Waals surface area contributed by atoms with Gasteiger partial charge in [0.15, 0.2) is 0 Å². The third-order valence-corrected chi connectivity index (χ3v) is 2.62. The van der Waals surface area contributed by atoms with Crippen molar-refractivity contribution < 1.29 is 5.11 Å². The number of aromatic hydroxyl groups is 1. The second-order valence-corrected chi connectivity index (χ2v) is 3.92. The number of phenols is 1. The first kappa shape index (κ1) is 9.34. The standard InChI is InChI=1S/C11H16N2O/c12-10-2-1-3-11(14)9(10)7-13-6-8-4-5-8/h1-3,8,13-14H,4-7,12H2. The Kier molecular flexibility index (Phi) is 2.59. The highest BCUT2D eigenvalue weighted by Gasteiger charge is 2.20. The van der Waals surface area contributed by atoms with Gasteiger partial charge in [0.05, 0.1) is 0 Å². The Morgan fingerprint density at radius 1 is 1.43 bits per heavy atom. The summed E-state index contributed by atoms with van der Waals surface area (Å²) in [6, 6.07) is 5.24. The number of hydrogen-bond donors (Lipinski definition) is 3. The molecule has 1 aliphatic rings. The van der Waals surface area contributed by atoms with Gasteiger partial charge in [-0.3, -0.25) is 0 Å². The van der Waals surface area contributed by atoms with Gasteiger partial charge in [0.25, 0.3) is 0 Å². The van der Waals surface area contributed by atoms with E-state index in [-0.39, 0.29) is 5.75 Å². The highest BCUT2D eigenvalue weighted by atomic mass is 16.3. The number of anilines is 1. The minimum absolute atomic E-state index is 0.285. The van der Waals surface area contributed by atoms with Crippen LogP contribution in [0.25, 0.3) is 0 Å². The van der Waals surface area contributed by atoms with Crippen LogP contribution >= 0.6 is 0 Å². The highest BCUT2D eigenvalue weighted by Crippen LogP contribution is 2.28. The molecular weight excluding hydrogens is 176 g/mol. The molecule has 1 aromatic carbocycles. The second-order valence-electron chi connectivity index (χ2n) is 3.92. The van der Waals surface area contributed by atoms with Crippen LogP contribution in [0.15, 0.2) is 18.2 Å². The van der Waals surface area contributed by atoms with Crippen LogP contribution in [-0.4, -0.2) is 11.7 Å². The summed E-state index contributed by atoms with van der Waals surface area (Å²) in [6.07, 6.45) is 2.67. The second kappa shape index (κ2) is 3.88. The van der Waals surface area contributed by atoms with Crippen molar-refractivity contribution in [1.29, 1.82) is 0 Å². The predicted octanol–water partition coefficient (Wildman–Crippen LogP) is 1.47. The number of hydrogen-bond acceptors (Lipinski definition) is 3. The molecule has 0 heterocycles. The quantitative estimate of drug-likeness (QED) is 0.633. The van der Waals surface area contributed by atoms with Crippen LogP contribution in [0.5, 0.6) is 5.75 Å². The van der Waals surface area contributed by atoms with Crippen LogP contribution in [0.3, 0.4) is 0 Å². The van der Waals surface area contributed by atoms with E-state index in [4.69, 9.17) is 5.73 Å². The minimum Gasteiger partial charge on any atom is -0.508 e. The lowest BCUT2D eigenvalue weighted by molar-refractivity contribution is 0.464. The maximum Gasteiger partial charge on any atom is 0.122 e. The zero-order valence-electron chi connectivity index (χ0n) is 8.16. The maximum absolute atomic E-state index is 9.55. The molecule has 3 nitrogen and oxygen atoms in total. The number of nitrogen functional groups attached to an aromatic ring is 1. The van der Waals surface area contributed by atoms with Crippen molar-refractivity contribution in [2.24, 2.45) is 5.92 Å². The summed E-state index contributed by atoms with van der Waals surface area (Å²) in [5, 5.41) is 12.9. The lowest BCUT2D eigenvalue weighted by Crippen LogP contribution is -2.17. The van der Waals surface area contributed by atoms with Crippen LogP contribution in [-0.2, 0) is 6.54 Å². The SMILES string of the molecule is Nc1cccc(O)c1CNCC1CC1. The summed E-state index contributed by atoms with van der Waals surface area (Å²) in [5.41, 5.74) is 7.23. The molecule has 2 rings (SSSR count). The van der Waals surface area contributed by atoms with Crippen molar-refractivity contribution in [3.8, 4) is 5.75 Å². The number of nitrogens with one attached hydrogen (secondary N) is 1. The summed E-state index contributed by atoms with van der Waals surface area (Å²) in [6.45, 7) is 1.70. The van der Waals surface area contributed by atoms with Gasteiger partial charge >= 0.3 is 0 Å². The molecular formula is C11H16N2O. The molecule has 0 radical (unpaired) electrons. The topological polar surface area (TPSA) is 58.3 Å². The zero-order valence-corrected chi connectivity index (χ0v) is 8.16. The lowest BCUT2D eigenvalue weighted by atomic mass is 10.1. The molecule has 0 saturated heterocycles. The highest BCUT2D eigenvalue weighted by molar-refractivity contribution is 5.53. The largest absolute Gasteiger partial charge is 0.508 e. The van der Waals surface area contributed by atoms with E-state index in [2.05, 4.69) is 5.32 Å². The van der Waals surface area contributed by atoms with Crippen LogP contribution in [0.2, 0.25) is 0 Å². The first-order valence-corrected chi connectivity index (χ1v) is 5.04. The number of phenolic OH excluding ortho intramolecular Hbond substituents is 1. The van der Waals surface area contributed by atoms with Crippen molar-refractivity contribution in [2.45, 2.75) is 19.4 Å². The van der Waals surface area contributed by atoms with Crippen molar-refractivity contribution in [3.05, 3.63) is 23.8 Å². The first-order valence-electron chi connectivity index (χ1n) is 5.04. The zero-order chi connectivity index (χ0) is 9.97. The molecule has 0 aliphatic heterocycles. The Morgan fingerprint density at radius 2 is 2.21 bits per heavy atom. The Hall–Kier alpha value is -1.22. The van der Waals surface area contributed by atoms with Gasteiger partial charge in [-0.2, -0.15) is 0 Å². The van der Waals surface area contributed by atoms with E-state index in [0.717, 1.165) is 18.0 Å². The van der Waals surface area contributed by atoms with Crippen molar-refractivity contribution in [1.82, 2.24) is 5.32 Å². The van der Waals surface area contributed by atoms with Gasteiger partial charge in [0.1, 0.15) is 5.75 Å². The fraction of sp³-hybridized carbons (Fsp3) is 0.455. The van der Waals surface area contributed by atoms with E-state index in [0.29, 0.717) is 12.2 Å². The van der Waals surface area contributed by atoms with Gasteiger partial charge in [-0.1, -0.05) is 6.07 Å². The van der Waals surface area contributed by atoms with Gasteiger partial charge < -0.3 is 16.2 Å². The summed E-state index contributed by atoms with van der Waals surface area (Å²) in [5.74, 6) is 1.13. The number of nitrogens with two attached hydrogens (primary N) is 1. The summed E-state index contributed by atoms with van der Waals surface area (Å²) in [4.78, 5) is 0. The third kappa shape index (κ3) is 2.17. The molecule has 0 bridgehead atoms. The van der Waals surface area contributed by atoms with Gasteiger partial charge in [-0.05, 0) is 37.4 Å². The van der Waals surface area contributed by atoms with Crippen molar-refractivity contribution in [2.75, 3.05) is 12.3 Å². The fourth-order valence-electron chi connectivity index (χ4n) is 1.51. The summed E-state index contributed by atoms with van der Waals surface area (Å²) >= 11 is 0. The van der Waals surface area contributed by atoms with Crippen LogP contribution in [0.4, 0.5) is 5.69 Å².